The molecule has 4 aromatic rings. The molecular formula is C27H29N5O4. The summed E-state index contributed by atoms with van der Waals surface area (Å²) < 4.78 is 13.3. The fourth-order valence-electron chi connectivity index (χ4n) is 4.55. The number of anilines is 1. The number of fused-ring (bicyclic) bond motifs is 1. The number of carbonyl (C=O) groups is 1. The van der Waals surface area contributed by atoms with Crippen molar-refractivity contribution in [3.63, 3.8) is 0 Å². The molecule has 2 aromatic carbocycles. The maximum atomic E-state index is 12.9. The summed E-state index contributed by atoms with van der Waals surface area (Å²) in [6, 6.07) is 17.1. The molecule has 3 heterocycles. The van der Waals surface area contributed by atoms with Gasteiger partial charge in [-0.1, -0.05) is 18.2 Å². The van der Waals surface area contributed by atoms with E-state index in [9.17, 15) is 9.59 Å². The van der Waals surface area contributed by atoms with Crippen LogP contribution < -0.4 is 16.0 Å². The van der Waals surface area contributed by atoms with Gasteiger partial charge < -0.3 is 24.7 Å². The van der Waals surface area contributed by atoms with E-state index >= 15 is 0 Å². The number of aromatic nitrogens is 3. The molecule has 3 N–H and O–H groups in total. The molecule has 2 aromatic heterocycles. The van der Waals surface area contributed by atoms with E-state index in [1.54, 1.807) is 4.90 Å². The molecule has 1 amide bonds. The summed E-state index contributed by atoms with van der Waals surface area (Å²) in [5, 5.41) is 6.99. The van der Waals surface area contributed by atoms with Crippen LogP contribution in [0.3, 0.4) is 0 Å². The molecule has 0 bridgehead atoms. The predicted molar refractivity (Wildman–Crippen MR) is 138 cm³/mol. The van der Waals surface area contributed by atoms with Crippen LogP contribution in [-0.4, -0.2) is 44.4 Å². The van der Waals surface area contributed by atoms with E-state index in [1.165, 1.54) is 0 Å². The van der Waals surface area contributed by atoms with Crippen LogP contribution in [0.15, 0.2) is 65.6 Å². The zero-order valence-corrected chi connectivity index (χ0v) is 20.5. The number of ether oxygens (including phenoxy) is 2. The Balaban J connectivity index is 1.48. The van der Waals surface area contributed by atoms with Crippen molar-refractivity contribution < 1.29 is 14.3 Å². The van der Waals surface area contributed by atoms with Crippen molar-refractivity contribution in [2.24, 2.45) is 0 Å². The van der Waals surface area contributed by atoms with Gasteiger partial charge in [0.2, 0.25) is 0 Å². The van der Waals surface area contributed by atoms with E-state index in [-0.39, 0.29) is 23.4 Å². The van der Waals surface area contributed by atoms with Crippen LogP contribution in [0.4, 0.5) is 10.6 Å². The minimum Gasteiger partial charge on any atom is -0.457 e. The first-order chi connectivity index (χ1) is 17.2. The molecule has 9 heteroatoms. The van der Waals surface area contributed by atoms with Crippen LogP contribution in [0, 0.1) is 0 Å². The number of likely N-dealkylation sites (tertiary alicyclic amines) is 1. The monoisotopic (exact) mass is 487 g/mol. The van der Waals surface area contributed by atoms with Gasteiger partial charge in [-0.3, -0.25) is 4.79 Å². The molecule has 1 fully saturated rings. The Hall–Kier alpha value is -4.27. The number of para-hydroxylation sites is 1. The van der Waals surface area contributed by atoms with Gasteiger partial charge in [0.25, 0.3) is 5.56 Å². The number of hydrogen-bond acceptors (Lipinski definition) is 6. The normalized spacial score (nSPS) is 15.9. The van der Waals surface area contributed by atoms with Gasteiger partial charge in [0.15, 0.2) is 5.82 Å². The third kappa shape index (κ3) is 4.64. The molecule has 36 heavy (non-hydrogen) atoms. The average Bonchev–Trinajstić information content (AvgIpc) is 3.48. The van der Waals surface area contributed by atoms with Gasteiger partial charge in [-0.25, -0.2) is 9.89 Å². The highest BCUT2D eigenvalue weighted by atomic mass is 16.6. The molecule has 0 aliphatic carbocycles. The number of amides is 1. The number of nitrogens with zero attached hydrogens (tertiary/aromatic N) is 3. The molecule has 1 aliphatic rings. The number of nitrogens with two attached hydrogens (primary N) is 1. The molecule has 0 saturated carbocycles. The molecule has 0 unspecified atom stereocenters. The van der Waals surface area contributed by atoms with Crippen LogP contribution in [0.2, 0.25) is 0 Å². The van der Waals surface area contributed by atoms with Crippen molar-refractivity contribution in [3.8, 4) is 17.2 Å². The smallest absolute Gasteiger partial charge is 0.410 e. The first-order valence-electron chi connectivity index (χ1n) is 11.9. The number of H-pyrrole nitrogens is 1. The van der Waals surface area contributed by atoms with Gasteiger partial charge in [-0.05, 0) is 69.2 Å². The zero-order valence-electron chi connectivity index (χ0n) is 20.5. The topological polar surface area (TPSA) is 115 Å². The fourth-order valence-corrected chi connectivity index (χ4v) is 4.55. The maximum absolute atomic E-state index is 12.9. The van der Waals surface area contributed by atoms with E-state index in [0.717, 1.165) is 17.0 Å². The number of aromatic amines is 1. The van der Waals surface area contributed by atoms with Gasteiger partial charge >= 0.3 is 6.09 Å². The van der Waals surface area contributed by atoms with Gasteiger partial charge in [0.05, 0.1) is 5.39 Å². The molecule has 0 spiro atoms. The highest BCUT2D eigenvalue weighted by Gasteiger charge is 2.33. The van der Waals surface area contributed by atoms with E-state index in [1.807, 2.05) is 86.1 Å². The number of benzene rings is 2. The Morgan fingerprint density at radius 2 is 1.78 bits per heavy atom. The molecule has 1 aliphatic heterocycles. The summed E-state index contributed by atoms with van der Waals surface area (Å²) in [6.45, 7) is 6.54. The number of nitrogen functional groups attached to an aromatic ring is 1. The number of carbonyl (C=O) groups excluding carboxylic acids is 1. The summed E-state index contributed by atoms with van der Waals surface area (Å²) in [6.07, 6.45) is 2.29. The Kier molecular flexibility index (Phi) is 5.91. The third-order valence-electron chi connectivity index (χ3n) is 6.16. The Morgan fingerprint density at radius 3 is 2.47 bits per heavy atom. The summed E-state index contributed by atoms with van der Waals surface area (Å²) in [5.74, 6) is 1.62. The van der Waals surface area contributed by atoms with Crippen molar-refractivity contribution in [1.82, 2.24) is 19.7 Å². The zero-order chi connectivity index (χ0) is 25.4. The van der Waals surface area contributed by atoms with E-state index in [2.05, 4.69) is 10.2 Å². The highest BCUT2D eigenvalue weighted by Crippen LogP contribution is 2.36. The number of nitrogens with one attached hydrogen (secondary N) is 1. The van der Waals surface area contributed by atoms with Crippen molar-refractivity contribution in [3.05, 3.63) is 76.7 Å². The summed E-state index contributed by atoms with van der Waals surface area (Å²) >= 11 is 0. The van der Waals surface area contributed by atoms with Crippen molar-refractivity contribution in [2.75, 3.05) is 18.8 Å². The third-order valence-corrected chi connectivity index (χ3v) is 6.16. The van der Waals surface area contributed by atoms with E-state index < -0.39 is 5.60 Å². The molecule has 186 valence electrons. The molecule has 5 rings (SSSR count). The second-order valence-electron chi connectivity index (χ2n) is 9.94. The Morgan fingerprint density at radius 1 is 1.08 bits per heavy atom. The highest BCUT2D eigenvalue weighted by molar-refractivity contribution is 5.92. The number of hydrogen-bond donors (Lipinski definition) is 2. The SMILES string of the molecule is CC(C)(C)OC(=O)N1CC[C@@H](c2cn(-c3ccc(Oc4ccccc4)cc3)c3c(N)n[nH]c(=O)c23)C1. The molecule has 1 saturated heterocycles. The second kappa shape index (κ2) is 9.07. The minimum atomic E-state index is -0.571. The largest absolute Gasteiger partial charge is 0.457 e. The van der Waals surface area contributed by atoms with Crippen LogP contribution in [0.25, 0.3) is 16.6 Å². The molecule has 0 radical (unpaired) electrons. The van der Waals surface area contributed by atoms with Gasteiger partial charge in [-0.15, -0.1) is 0 Å². The van der Waals surface area contributed by atoms with Crippen molar-refractivity contribution in [1.29, 1.82) is 0 Å². The summed E-state index contributed by atoms with van der Waals surface area (Å²) in [4.78, 5) is 27.2. The summed E-state index contributed by atoms with van der Waals surface area (Å²) in [7, 11) is 0. The second-order valence-corrected chi connectivity index (χ2v) is 9.94. The molecule has 1 atom stereocenters. The standard InChI is InChI=1S/C27H29N5O4/c1-27(2,3)36-26(34)31-14-13-17(15-31)21-16-32(23-22(21)25(33)30-29-24(23)28)18-9-11-20(12-10-18)35-19-7-5-4-6-8-19/h4-12,16-17H,13-15H2,1-3H3,(H2,28,29)(H,30,33)/t17-/m1/s1. The number of rotatable bonds is 4. The Labute approximate surface area is 208 Å². The average molecular weight is 488 g/mol. The first-order valence-corrected chi connectivity index (χ1v) is 11.9. The lowest BCUT2D eigenvalue weighted by atomic mass is 9.99. The van der Waals surface area contributed by atoms with Gasteiger partial charge in [0, 0.05) is 30.9 Å². The van der Waals surface area contributed by atoms with Crippen molar-refractivity contribution in [2.45, 2.75) is 38.7 Å². The maximum Gasteiger partial charge on any atom is 0.410 e. The molecular weight excluding hydrogens is 458 g/mol. The lowest BCUT2D eigenvalue weighted by Gasteiger charge is -2.24. The quantitative estimate of drug-likeness (QED) is 0.427. The first kappa shape index (κ1) is 23.5. The summed E-state index contributed by atoms with van der Waals surface area (Å²) in [5.41, 5.74) is 7.54. The van der Waals surface area contributed by atoms with Gasteiger partial charge in [0.1, 0.15) is 22.6 Å². The van der Waals surface area contributed by atoms with Crippen molar-refractivity contribution >= 4 is 22.8 Å². The lowest BCUT2D eigenvalue weighted by Crippen LogP contribution is -2.35. The van der Waals surface area contributed by atoms with Crippen LogP contribution in [-0.2, 0) is 4.74 Å². The minimum absolute atomic E-state index is 0.0372. The Bertz CT molecular complexity index is 1450. The van der Waals surface area contributed by atoms with Crippen LogP contribution >= 0.6 is 0 Å². The van der Waals surface area contributed by atoms with Crippen LogP contribution in [0.1, 0.15) is 38.7 Å². The van der Waals surface area contributed by atoms with E-state index in [0.29, 0.717) is 36.2 Å². The van der Waals surface area contributed by atoms with E-state index in [4.69, 9.17) is 15.2 Å². The predicted octanol–water partition coefficient (Wildman–Crippen LogP) is 4.81. The lowest BCUT2D eigenvalue weighted by molar-refractivity contribution is 0.0292. The fraction of sp³-hybridized carbons (Fsp3) is 0.296. The molecule has 9 nitrogen and oxygen atoms in total. The van der Waals surface area contributed by atoms with Gasteiger partial charge in [-0.2, -0.15) is 5.10 Å². The van der Waals surface area contributed by atoms with Crippen LogP contribution in [0.5, 0.6) is 11.5 Å².